The molecule has 0 unspecified atom stereocenters. The lowest BCUT2D eigenvalue weighted by Gasteiger charge is -2.18. The van der Waals surface area contributed by atoms with Crippen LogP contribution in [0.5, 0.6) is 5.75 Å². The number of hydrogen-bond donors (Lipinski definition) is 1. The second kappa shape index (κ2) is 3.48. The second-order valence-electron chi connectivity index (χ2n) is 3.79. The minimum atomic E-state index is -0.802. The Labute approximate surface area is 92.1 Å². The molecule has 0 radical (unpaired) electrons. The predicted molar refractivity (Wildman–Crippen MR) is 62.8 cm³/mol. The molecule has 0 saturated heterocycles. The number of anilines is 1. The third-order valence-corrected chi connectivity index (χ3v) is 2.54. The van der Waals surface area contributed by atoms with Crippen molar-refractivity contribution in [3.63, 3.8) is 0 Å². The lowest BCUT2D eigenvalue weighted by atomic mass is 9.98. The molecule has 4 nitrogen and oxygen atoms in total. The zero-order valence-corrected chi connectivity index (χ0v) is 9.02. The maximum absolute atomic E-state index is 11.4. The first-order valence-electron chi connectivity index (χ1n) is 4.83. The number of benzene rings is 1. The molecule has 0 amide bonds. The molecule has 82 valence electrons. The quantitative estimate of drug-likeness (QED) is 0.753. The van der Waals surface area contributed by atoms with Gasteiger partial charge in [0.2, 0.25) is 5.43 Å². The third kappa shape index (κ3) is 1.31. The van der Waals surface area contributed by atoms with Crippen molar-refractivity contribution in [1.29, 1.82) is 0 Å². The van der Waals surface area contributed by atoms with Crippen LogP contribution in [0, 0.1) is 0 Å². The summed E-state index contributed by atoms with van der Waals surface area (Å²) >= 11 is 0. The number of para-hydroxylation sites is 1. The van der Waals surface area contributed by atoms with E-state index in [0.717, 1.165) is 5.69 Å². The highest BCUT2D eigenvalue weighted by Gasteiger charge is 2.23. The van der Waals surface area contributed by atoms with E-state index in [1.807, 2.05) is 31.1 Å². The van der Waals surface area contributed by atoms with Crippen molar-refractivity contribution in [2.45, 2.75) is 0 Å². The van der Waals surface area contributed by atoms with Crippen LogP contribution in [0.3, 0.4) is 0 Å². The summed E-state index contributed by atoms with van der Waals surface area (Å²) in [5, 5.41) is 9.40. The summed E-state index contributed by atoms with van der Waals surface area (Å²) in [6, 6.07) is 7.14. The maximum Gasteiger partial charge on any atom is 0.268 e. The van der Waals surface area contributed by atoms with Crippen LogP contribution in [0.2, 0.25) is 0 Å². The molecule has 4 heteroatoms. The Morgan fingerprint density at radius 1 is 1.06 bits per heavy atom. The van der Waals surface area contributed by atoms with Crippen LogP contribution < -0.4 is 15.8 Å². The standard InChI is InChI=1S/C12H11NO3/c1-13(2)8-6-4-3-5-7(8)9-10(14)12(16)11(9)15/h3-6,14H,1-2H3. The summed E-state index contributed by atoms with van der Waals surface area (Å²) in [5.41, 5.74) is 0.0872. The van der Waals surface area contributed by atoms with Crippen molar-refractivity contribution < 1.29 is 5.11 Å². The molecule has 2 rings (SSSR count). The molecule has 0 bridgehead atoms. The highest BCUT2D eigenvalue weighted by molar-refractivity contribution is 5.83. The molecule has 0 fully saturated rings. The van der Waals surface area contributed by atoms with E-state index in [1.54, 1.807) is 12.1 Å². The number of nitrogens with zero attached hydrogens (tertiary/aromatic N) is 1. The first-order chi connectivity index (χ1) is 7.54. The Bertz CT molecular complexity index is 607. The fourth-order valence-electron chi connectivity index (χ4n) is 1.70. The molecule has 0 atom stereocenters. The number of rotatable bonds is 2. The smallest absolute Gasteiger partial charge is 0.268 e. The first-order valence-corrected chi connectivity index (χ1v) is 4.83. The molecule has 0 aliphatic carbocycles. The van der Waals surface area contributed by atoms with Crippen LogP contribution in [0.4, 0.5) is 5.69 Å². The molecule has 2 aromatic rings. The van der Waals surface area contributed by atoms with Crippen molar-refractivity contribution in [2.24, 2.45) is 0 Å². The van der Waals surface area contributed by atoms with Crippen molar-refractivity contribution in [3.8, 4) is 16.9 Å². The molecule has 0 spiro atoms. The first kappa shape index (κ1) is 10.4. The van der Waals surface area contributed by atoms with Crippen LogP contribution in [-0.2, 0) is 0 Å². The topological polar surface area (TPSA) is 57.6 Å². The summed E-state index contributed by atoms with van der Waals surface area (Å²) in [6.45, 7) is 0. The number of hydrogen-bond acceptors (Lipinski definition) is 4. The van der Waals surface area contributed by atoms with Gasteiger partial charge >= 0.3 is 0 Å². The lowest BCUT2D eigenvalue weighted by molar-refractivity contribution is 0.465. The van der Waals surface area contributed by atoms with E-state index < -0.39 is 16.6 Å². The Hall–Kier alpha value is -2.10. The van der Waals surface area contributed by atoms with Gasteiger partial charge in [-0.1, -0.05) is 18.2 Å². The monoisotopic (exact) mass is 217 g/mol. The molecular formula is C12H11NO3. The molecular weight excluding hydrogens is 206 g/mol. The molecule has 2 aromatic carbocycles. The summed E-state index contributed by atoms with van der Waals surface area (Å²) in [6.07, 6.45) is 0. The molecule has 1 N–H and O–H groups in total. The van der Waals surface area contributed by atoms with Crippen LogP contribution >= 0.6 is 0 Å². The lowest BCUT2D eigenvalue weighted by Crippen LogP contribution is -2.32. The average molecular weight is 217 g/mol. The normalized spacial score (nSPS) is 10.6. The van der Waals surface area contributed by atoms with Gasteiger partial charge in [-0.2, -0.15) is 0 Å². The van der Waals surface area contributed by atoms with Crippen LogP contribution in [-0.4, -0.2) is 19.2 Å². The van der Waals surface area contributed by atoms with Gasteiger partial charge in [-0.25, -0.2) is 0 Å². The van der Waals surface area contributed by atoms with Gasteiger partial charge in [0.25, 0.3) is 5.43 Å². The third-order valence-electron chi connectivity index (χ3n) is 2.54. The van der Waals surface area contributed by atoms with Gasteiger partial charge in [0.05, 0.1) is 5.56 Å². The SMILES string of the molecule is CN(C)c1ccccc1-c1c(O)c(=O)c1=O. The summed E-state index contributed by atoms with van der Waals surface area (Å²) in [5.74, 6) is -0.431. The molecule has 0 aromatic heterocycles. The van der Waals surface area contributed by atoms with E-state index >= 15 is 0 Å². The Kier molecular flexibility index (Phi) is 2.27. The highest BCUT2D eigenvalue weighted by Crippen LogP contribution is 2.32. The minimum Gasteiger partial charge on any atom is -0.503 e. The molecule has 0 saturated carbocycles. The van der Waals surface area contributed by atoms with Crippen LogP contribution in [0.25, 0.3) is 11.1 Å². The largest absolute Gasteiger partial charge is 0.503 e. The fraction of sp³-hybridized carbons (Fsp3) is 0.167. The van der Waals surface area contributed by atoms with Gasteiger partial charge in [-0.3, -0.25) is 9.59 Å². The van der Waals surface area contributed by atoms with Crippen molar-refractivity contribution >= 4 is 5.69 Å². The Morgan fingerprint density at radius 3 is 2.25 bits per heavy atom. The van der Waals surface area contributed by atoms with E-state index in [-0.39, 0.29) is 5.56 Å². The van der Waals surface area contributed by atoms with E-state index in [2.05, 4.69) is 0 Å². The van der Waals surface area contributed by atoms with Crippen molar-refractivity contribution in [1.82, 2.24) is 0 Å². The van der Waals surface area contributed by atoms with E-state index in [1.165, 1.54) is 0 Å². The van der Waals surface area contributed by atoms with Gasteiger partial charge in [-0.05, 0) is 6.07 Å². The van der Waals surface area contributed by atoms with Crippen LogP contribution in [0.15, 0.2) is 33.9 Å². The van der Waals surface area contributed by atoms with E-state index in [4.69, 9.17) is 0 Å². The highest BCUT2D eigenvalue weighted by atomic mass is 16.3. The second-order valence-corrected chi connectivity index (χ2v) is 3.79. The zero-order chi connectivity index (χ0) is 11.9. The predicted octanol–water partition coefficient (Wildman–Crippen LogP) is 0.721. The van der Waals surface area contributed by atoms with Gasteiger partial charge in [0.15, 0.2) is 5.75 Å². The molecule has 0 aliphatic rings. The summed E-state index contributed by atoms with van der Waals surface area (Å²) < 4.78 is 0. The van der Waals surface area contributed by atoms with E-state index in [0.29, 0.717) is 5.56 Å². The summed E-state index contributed by atoms with van der Waals surface area (Å²) in [7, 11) is 3.67. The Balaban J connectivity index is 2.67. The van der Waals surface area contributed by atoms with Crippen molar-refractivity contribution in [3.05, 3.63) is 44.7 Å². The maximum atomic E-state index is 11.4. The molecule has 16 heavy (non-hydrogen) atoms. The van der Waals surface area contributed by atoms with Gasteiger partial charge in [-0.15, -0.1) is 0 Å². The average Bonchev–Trinajstić information content (AvgIpc) is 2.29. The van der Waals surface area contributed by atoms with Crippen molar-refractivity contribution in [2.75, 3.05) is 19.0 Å². The van der Waals surface area contributed by atoms with Crippen LogP contribution in [0.1, 0.15) is 0 Å². The van der Waals surface area contributed by atoms with Gasteiger partial charge in [0, 0.05) is 25.3 Å². The zero-order valence-electron chi connectivity index (χ0n) is 9.02. The fourth-order valence-corrected chi connectivity index (χ4v) is 1.70. The minimum absolute atomic E-state index is 0.120. The molecule has 0 aliphatic heterocycles. The van der Waals surface area contributed by atoms with Gasteiger partial charge in [0.1, 0.15) is 0 Å². The number of aromatic hydroxyl groups is 1. The summed E-state index contributed by atoms with van der Waals surface area (Å²) in [4.78, 5) is 24.1. The Morgan fingerprint density at radius 2 is 1.69 bits per heavy atom. The van der Waals surface area contributed by atoms with E-state index in [9.17, 15) is 14.7 Å². The van der Waals surface area contributed by atoms with Gasteiger partial charge < -0.3 is 10.0 Å². The molecule has 0 heterocycles.